The summed E-state index contributed by atoms with van der Waals surface area (Å²) in [7, 11) is 0. The Morgan fingerprint density at radius 2 is 2.09 bits per heavy atom. The minimum absolute atomic E-state index is 0.0794. The zero-order valence-electron chi connectivity index (χ0n) is 16.4. The van der Waals surface area contributed by atoms with Gasteiger partial charge in [-0.3, -0.25) is 4.79 Å². The fourth-order valence-electron chi connectivity index (χ4n) is 2.92. The van der Waals surface area contributed by atoms with E-state index in [1.54, 1.807) is 36.4 Å². The van der Waals surface area contributed by atoms with Gasteiger partial charge in [0.1, 0.15) is 11.6 Å². The van der Waals surface area contributed by atoms with Crippen molar-refractivity contribution in [1.82, 2.24) is 9.78 Å². The SMILES string of the molecule is N#Cc1cnn(-c2ccccc2)c1NC(=O)COC(=O)/C=C/c1cc(Cl)c2c(c1)OCO2. The molecule has 2 heterocycles. The number of esters is 1. The molecule has 0 saturated carbocycles. The van der Waals surface area contributed by atoms with E-state index in [9.17, 15) is 14.9 Å². The third-order valence-corrected chi connectivity index (χ3v) is 4.64. The van der Waals surface area contributed by atoms with Crippen molar-refractivity contribution in [2.75, 3.05) is 18.7 Å². The van der Waals surface area contributed by atoms with Gasteiger partial charge in [0.2, 0.25) is 6.79 Å². The number of para-hydroxylation sites is 1. The second-order valence-electron chi connectivity index (χ2n) is 6.49. The van der Waals surface area contributed by atoms with Crippen molar-refractivity contribution < 1.29 is 23.8 Å². The Labute approximate surface area is 187 Å². The lowest BCUT2D eigenvalue weighted by molar-refractivity contribution is -0.142. The molecule has 9 nitrogen and oxygen atoms in total. The van der Waals surface area contributed by atoms with Crippen LogP contribution in [0.1, 0.15) is 11.1 Å². The van der Waals surface area contributed by atoms with E-state index >= 15 is 0 Å². The third kappa shape index (κ3) is 4.55. The highest BCUT2D eigenvalue weighted by molar-refractivity contribution is 6.32. The summed E-state index contributed by atoms with van der Waals surface area (Å²) < 4.78 is 16.9. The van der Waals surface area contributed by atoms with Crippen molar-refractivity contribution in [1.29, 1.82) is 5.26 Å². The van der Waals surface area contributed by atoms with Crippen LogP contribution in [0, 0.1) is 11.3 Å². The zero-order chi connectivity index (χ0) is 22.5. The highest BCUT2D eigenvalue weighted by atomic mass is 35.5. The van der Waals surface area contributed by atoms with Gasteiger partial charge < -0.3 is 19.5 Å². The predicted octanol–water partition coefficient (Wildman–Crippen LogP) is 3.32. The molecule has 0 bridgehead atoms. The first-order valence-corrected chi connectivity index (χ1v) is 9.70. The Morgan fingerprint density at radius 1 is 1.28 bits per heavy atom. The number of anilines is 1. The highest BCUT2D eigenvalue weighted by Gasteiger charge is 2.18. The molecule has 10 heteroatoms. The van der Waals surface area contributed by atoms with E-state index in [2.05, 4.69) is 10.4 Å². The second-order valence-corrected chi connectivity index (χ2v) is 6.90. The molecule has 1 aliphatic rings. The Hall–Kier alpha value is -4.29. The summed E-state index contributed by atoms with van der Waals surface area (Å²) in [5.41, 5.74) is 1.44. The van der Waals surface area contributed by atoms with E-state index in [1.165, 1.54) is 17.0 Å². The Kier molecular flexibility index (Phi) is 6.05. The number of hydrogen-bond acceptors (Lipinski definition) is 7. The molecule has 0 unspecified atom stereocenters. The number of nitrogens with one attached hydrogen (secondary N) is 1. The number of nitriles is 1. The van der Waals surface area contributed by atoms with Crippen molar-refractivity contribution in [2.45, 2.75) is 0 Å². The molecule has 0 spiro atoms. The predicted molar refractivity (Wildman–Crippen MR) is 114 cm³/mol. The summed E-state index contributed by atoms with van der Waals surface area (Å²) in [5, 5.41) is 16.3. The smallest absolute Gasteiger partial charge is 0.331 e. The van der Waals surface area contributed by atoms with Crippen LogP contribution in [0.4, 0.5) is 5.82 Å². The molecular formula is C22H15ClN4O5. The maximum Gasteiger partial charge on any atom is 0.331 e. The van der Waals surface area contributed by atoms with Gasteiger partial charge in [-0.25, -0.2) is 9.48 Å². The van der Waals surface area contributed by atoms with Crippen LogP contribution in [-0.4, -0.2) is 35.1 Å². The molecule has 1 aliphatic heterocycles. The Balaban J connectivity index is 1.37. The van der Waals surface area contributed by atoms with Gasteiger partial charge in [0.05, 0.1) is 16.9 Å². The molecule has 0 fully saturated rings. The molecule has 32 heavy (non-hydrogen) atoms. The number of benzene rings is 2. The van der Waals surface area contributed by atoms with Crippen LogP contribution in [0.5, 0.6) is 11.5 Å². The Bertz CT molecular complexity index is 1250. The lowest BCUT2D eigenvalue weighted by Crippen LogP contribution is -2.22. The summed E-state index contributed by atoms with van der Waals surface area (Å²) in [6.07, 6.45) is 3.98. The molecule has 0 atom stereocenters. The number of ether oxygens (including phenoxy) is 3. The number of halogens is 1. The molecule has 0 radical (unpaired) electrons. The van der Waals surface area contributed by atoms with Crippen molar-refractivity contribution in [2.24, 2.45) is 0 Å². The van der Waals surface area contributed by atoms with Crippen molar-refractivity contribution in [3.63, 3.8) is 0 Å². The molecule has 1 amide bonds. The highest BCUT2D eigenvalue weighted by Crippen LogP contribution is 2.40. The minimum Gasteiger partial charge on any atom is -0.454 e. The molecule has 1 N–H and O–H groups in total. The average Bonchev–Trinajstić information content (AvgIpc) is 3.44. The van der Waals surface area contributed by atoms with Crippen molar-refractivity contribution >= 4 is 35.4 Å². The normalized spacial score (nSPS) is 11.9. The maximum atomic E-state index is 12.3. The number of carbonyl (C=O) groups excluding carboxylic acids is 2. The summed E-state index contributed by atoms with van der Waals surface area (Å²) >= 11 is 6.10. The van der Waals surface area contributed by atoms with Gasteiger partial charge in [0.25, 0.3) is 5.91 Å². The largest absolute Gasteiger partial charge is 0.454 e. The molecule has 4 rings (SSSR count). The first-order valence-electron chi connectivity index (χ1n) is 9.32. The quantitative estimate of drug-likeness (QED) is 0.452. The van der Waals surface area contributed by atoms with E-state index in [-0.39, 0.29) is 18.2 Å². The van der Waals surface area contributed by atoms with E-state index < -0.39 is 18.5 Å². The van der Waals surface area contributed by atoms with Crippen LogP contribution in [0.2, 0.25) is 5.02 Å². The van der Waals surface area contributed by atoms with Gasteiger partial charge in [-0.2, -0.15) is 10.4 Å². The summed E-state index contributed by atoms with van der Waals surface area (Å²) in [6, 6.07) is 14.2. The van der Waals surface area contributed by atoms with Gasteiger partial charge in [0, 0.05) is 6.08 Å². The fourth-order valence-corrected chi connectivity index (χ4v) is 3.19. The van der Waals surface area contributed by atoms with Gasteiger partial charge in [-0.1, -0.05) is 29.8 Å². The number of amides is 1. The zero-order valence-corrected chi connectivity index (χ0v) is 17.2. The van der Waals surface area contributed by atoms with Crippen LogP contribution in [-0.2, 0) is 14.3 Å². The van der Waals surface area contributed by atoms with Crippen molar-refractivity contribution in [3.05, 3.63) is 70.9 Å². The lowest BCUT2D eigenvalue weighted by atomic mass is 10.2. The van der Waals surface area contributed by atoms with Crippen LogP contribution in [0.25, 0.3) is 11.8 Å². The first-order chi connectivity index (χ1) is 15.5. The van der Waals surface area contributed by atoms with Crippen LogP contribution in [0.15, 0.2) is 54.7 Å². The molecule has 1 aromatic heterocycles. The van der Waals surface area contributed by atoms with Crippen LogP contribution >= 0.6 is 11.6 Å². The van der Waals surface area contributed by atoms with Crippen LogP contribution in [0.3, 0.4) is 0 Å². The molecular weight excluding hydrogens is 436 g/mol. The van der Waals surface area contributed by atoms with Crippen LogP contribution < -0.4 is 14.8 Å². The van der Waals surface area contributed by atoms with Gasteiger partial charge in [-0.15, -0.1) is 0 Å². The Morgan fingerprint density at radius 3 is 2.88 bits per heavy atom. The second kappa shape index (κ2) is 9.24. The summed E-state index contributed by atoms with van der Waals surface area (Å²) in [4.78, 5) is 24.3. The standard InChI is InChI=1S/C22H15ClN4O5/c23-17-8-14(9-18-21(17)32-13-31-18)6-7-20(29)30-12-19(28)26-22-15(10-24)11-25-27(22)16-4-2-1-3-5-16/h1-9,11H,12-13H2,(H,26,28)/b7-6+. The van der Waals surface area contributed by atoms with Gasteiger partial charge in [-0.05, 0) is 35.9 Å². The average molecular weight is 451 g/mol. The van der Waals surface area contributed by atoms with E-state index in [0.717, 1.165) is 6.08 Å². The minimum atomic E-state index is -0.731. The van der Waals surface area contributed by atoms with Gasteiger partial charge in [0.15, 0.2) is 23.9 Å². The third-order valence-electron chi connectivity index (χ3n) is 4.36. The maximum absolute atomic E-state index is 12.3. The number of carbonyl (C=O) groups is 2. The van der Waals surface area contributed by atoms with E-state index in [4.69, 9.17) is 25.8 Å². The topological polar surface area (TPSA) is 115 Å². The molecule has 0 aliphatic carbocycles. The number of hydrogen-bond donors (Lipinski definition) is 1. The molecule has 2 aromatic carbocycles. The van der Waals surface area contributed by atoms with Crippen molar-refractivity contribution in [3.8, 4) is 23.3 Å². The summed E-state index contributed by atoms with van der Waals surface area (Å²) in [5.74, 6) is -0.230. The van der Waals surface area contributed by atoms with Gasteiger partial charge >= 0.3 is 5.97 Å². The summed E-state index contributed by atoms with van der Waals surface area (Å²) in [6.45, 7) is -0.466. The lowest BCUT2D eigenvalue weighted by Gasteiger charge is -2.09. The number of fused-ring (bicyclic) bond motifs is 1. The first kappa shape index (κ1) is 21.0. The number of rotatable bonds is 6. The monoisotopic (exact) mass is 450 g/mol. The molecule has 0 saturated heterocycles. The fraction of sp³-hybridized carbons (Fsp3) is 0.0909. The molecule has 160 valence electrons. The number of nitrogens with zero attached hydrogens (tertiary/aromatic N) is 3. The molecule has 3 aromatic rings. The number of aromatic nitrogens is 2. The van der Waals surface area contributed by atoms with E-state index in [0.29, 0.717) is 27.8 Å². The van der Waals surface area contributed by atoms with E-state index in [1.807, 2.05) is 12.1 Å².